The third-order valence-electron chi connectivity index (χ3n) is 3.37. The lowest BCUT2D eigenvalue weighted by Gasteiger charge is -2.09. The van der Waals surface area contributed by atoms with Crippen LogP contribution in [-0.2, 0) is 6.42 Å². The van der Waals surface area contributed by atoms with Crippen molar-refractivity contribution in [2.24, 2.45) is 0 Å². The molecule has 1 aliphatic heterocycles. The summed E-state index contributed by atoms with van der Waals surface area (Å²) in [6.45, 7) is 2.01. The van der Waals surface area contributed by atoms with Crippen LogP contribution in [-0.4, -0.2) is 29.9 Å². The van der Waals surface area contributed by atoms with Gasteiger partial charge in [-0.15, -0.1) is 0 Å². The zero-order chi connectivity index (χ0) is 12.7. The molecule has 0 bridgehead atoms. The maximum atomic E-state index is 9.23. The van der Waals surface area contributed by atoms with Crippen molar-refractivity contribution in [1.82, 2.24) is 4.98 Å². The third-order valence-corrected chi connectivity index (χ3v) is 3.37. The maximum absolute atomic E-state index is 9.23. The molecule has 94 valence electrons. The molecule has 1 unspecified atom stereocenters. The third kappa shape index (κ3) is 1.61. The summed E-state index contributed by atoms with van der Waals surface area (Å²) in [7, 11) is 1.64. The minimum atomic E-state index is -0.155. The van der Waals surface area contributed by atoms with Crippen LogP contribution >= 0.6 is 0 Å². The fraction of sp³-hybridized carbons (Fsp3) is 0.357. The quantitative estimate of drug-likeness (QED) is 0.877. The average molecular weight is 245 g/mol. The first kappa shape index (κ1) is 11.3. The van der Waals surface area contributed by atoms with E-state index in [4.69, 9.17) is 9.47 Å². The second-order valence-electron chi connectivity index (χ2n) is 4.51. The smallest absolute Gasteiger partial charge is 0.134 e. The maximum Gasteiger partial charge on any atom is 0.134 e. The molecule has 1 N–H and O–H groups in total. The van der Waals surface area contributed by atoms with Crippen molar-refractivity contribution in [3.63, 3.8) is 0 Å². The number of aliphatic hydroxyl groups excluding tert-OH is 1. The summed E-state index contributed by atoms with van der Waals surface area (Å²) in [6, 6.07) is 5.75. The van der Waals surface area contributed by atoms with Gasteiger partial charge in [-0.2, -0.15) is 0 Å². The van der Waals surface area contributed by atoms with E-state index >= 15 is 0 Å². The van der Waals surface area contributed by atoms with Crippen LogP contribution < -0.4 is 9.47 Å². The van der Waals surface area contributed by atoms with Crippen molar-refractivity contribution < 1.29 is 14.6 Å². The molecule has 0 aliphatic carbocycles. The van der Waals surface area contributed by atoms with Crippen LogP contribution in [0.4, 0.5) is 0 Å². The summed E-state index contributed by atoms with van der Waals surface area (Å²) >= 11 is 0. The molecule has 0 radical (unpaired) electrons. The van der Waals surface area contributed by atoms with E-state index in [2.05, 4.69) is 4.98 Å². The Morgan fingerprint density at radius 3 is 3.06 bits per heavy atom. The van der Waals surface area contributed by atoms with Crippen LogP contribution in [0.2, 0.25) is 0 Å². The van der Waals surface area contributed by atoms with Crippen LogP contribution in [0.15, 0.2) is 18.2 Å². The molecule has 3 rings (SSSR count). The normalized spacial score (nSPS) is 17.6. The van der Waals surface area contributed by atoms with Crippen molar-refractivity contribution in [3.8, 4) is 11.5 Å². The fourth-order valence-corrected chi connectivity index (χ4v) is 2.41. The molecule has 0 fully saturated rings. The second-order valence-corrected chi connectivity index (χ2v) is 4.51. The predicted octanol–water partition coefficient (Wildman–Crippen LogP) is 1.85. The Bertz CT molecular complexity index is 610. The number of ether oxygens (including phenoxy) is 2. The van der Waals surface area contributed by atoms with E-state index in [1.54, 1.807) is 7.11 Å². The molecule has 4 nitrogen and oxygen atoms in total. The van der Waals surface area contributed by atoms with Gasteiger partial charge in [0.1, 0.15) is 17.6 Å². The van der Waals surface area contributed by atoms with E-state index in [9.17, 15) is 5.11 Å². The minimum Gasteiger partial charge on any atom is -0.497 e. The summed E-state index contributed by atoms with van der Waals surface area (Å²) in [6.07, 6.45) is 0.565. The fourth-order valence-electron chi connectivity index (χ4n) is 2.41. The van der Waals surface area contributed by atoms with Crippen molar-refractivity contribution in [2.75, 3.05) is 13.7 Å². The van der Waals surface area contributed by atoms with E-state index in [1.165, 1.54) is 0 Å². The van der Waals surface area contributed by atoms with E-state index in [0.717, 1.165) is 40.1 Å². The Morgan fingerprint density at radius 2 is 2.33 bits per heavy atom. The van der Waals surface area contributed by atoms with Gasteiger partial charge in [0.05, 0.1) is 19.2 Å². The number of methoxy groups -OCH3 is 1. The van der Waals surface area contributed by atoms with Crippen LogP contribution in [0.1, 0.15) is 11.3 Å². The highest BCUT2D eigenvalue weighted by molar-refractivity contribution is 5.88. The van der Waals surface area contributed by atoms with E-state index in [-0.39, 0.29) is 12.7 Å². The van der Waals surface area contributed by atoms with Gasteiger partial charge in [-0.3, -0.25) is 4.98 Å². The summed E-state index contributed by atoms with van der Waals surface area (Å²) in [5, 5.41) is 10.2. The summed E-state index contributed by atoms with van der Waals surface area (Å²) < 4.78 is 11.0. The molecule has 4 heteroatoms. The highest BCUT2D eigenvalue weighted by Gasteiger charge is 2.26. The van der Waals surface area contributed by atoms with Gasteiger partial charge in [0.15, 0.2) is 0 Å². The second kappa shape index (κ2) is 4.14. The first-order valence-corrected chi connectivity index (χ1v) is 5.97. The zero-order valence-electron chi connectivity index (χ0n) is 10.4. The van der Waals surface area contributed by atoms with Crippen molar-refractivity contribution >= 4 is 10.9 Å². The molecule has 1 aromatic heterocycles. The number of nitrogens with zero attached hydrogens (tertiary/aromatic N) is 1. The number of pyridine rings is 1. The molecule has 0 saturated heterocycles. The highest BCUT2D eigenvalue weighted by atomic mass is 16.5. The molecule has 0 saturated carbocycles. The minimum absolute atomic E-state index is 0.0274. The molecule has 0 amide bonds. The van der Waals surface area contributed by atoms with Gasteiger partial charge in [-0.25, -0.2) is 0 Å². The van der Waals surface area contributed by atoms with E-state index in [0.29, 0.717) is 0 Å². The SMILES string of the molecule is COc1ccc2nc(C)c3c(c2c1)OC(CO)C3. The summed E-state index contributed by atoms with van der Waals surface area (Å²) in [5.74, 6) is 1.63. The van der Waals surface area contributed by atoms with Crippen LogP contribution in [0.25, 0.3) is 10.9 Å². The Balaban J connectivity index is 2.24. The van der Waals surface area contributed by atoms with Crippen LogP contribution in [0.5, 0.6) is 11.5 Å². The number of aromatic nitrogens is 1. The largest absolute Gasteiger partial charge is 0.497 e. The van der Waals surface area contributed by atoms with Crippen LogP contribution in [0, 0.1) is 6.92 Å². The molecule has 1 aromatic carbocycles. The van der Waals surface area contributed by atoms with Crippen molar-refractivity contribution in [1.29, 1.82) is 0 Å². The van der Waals surface area contributed by atoms with Gasteiger partial charge in [-0.1, -0.05) is 0 Å². The Kier molecular flexibility index (Phi) is 2.59. The lowest BCUT2D eigenvalue weighted by molar-refractivity contribution is 0.136. The first-order valence-electron chi connectivity index (χ1n) is 5.97. The topological polar surface area (TPSA) is 51.6 Å². The molecule has 18 heavy (non-hydrogen) atoms. The Morgan fingerprint density at radius 1 is 1.50 bits per heavy atom. The van der Waals surface area contributed by atoms with E-state index in [1.807, 2.05) is 25.1 Å². The van der Waals surface area contributed by atoms with Gasteiger partial charge < -0.3 is 14.6 Å². The molecule has 1 atom stereocenters. The summed E-state index contributed by atoms with van der Waals surface area (Å²) in [5.41, 5.74) is 2.96. The molecule has 2 heterocycles. The average Bonchev–Trinajstić information content (AvgIpc) is 2.83. The summed E-state index contributed by atoms with van der Waals surface area (Å²) in [4.78, 5) is 4.57. The van der Waals surface area contributed by atoms with Gasteiger partial charge in [-0.05, 0) is 25.1 Å². The zero-order valence-corrected chi connectivity index (χ0v) is 10.4. The van der Waals surface area contributed by atoms with E-state index < -0.39 is 0 Å². The molecule has 2 aromatic rings. The number of aliphatic hydroxyl groups is 1. The van der Waals surface area contributed by atoms with Gasteiger partial charge in [0.25, 0.3) is 0 Å². The number of aryl methyl sites for hydroxylation is 1. The number of benzene rings is 1. The first-order chi connectivity index (χ1) is 8.72. The number of rotatable bonds is 2. The Labute approximate surface area is 105 Å². The van der Waals surface area contributed by atoms with Crippen molar-refractivity contribution in [2.45, 2.75) is 19.4 Å². The van der Waals surface area contributed by atoms with Gasteiger partial charge in [0, 0.05) is 23.1 Å². The number of fused-ring (bicyclic) bond motifs is 3. The lowest BCUT2D eigenvalue weighted by atomic mass is 10.1. The highest BCUT2D eigenvalue weighted by Crippen LogP contribution is 2.38. The molecule has 1 aliphatic rings. The lowest BCUT2D eigenvalue weighted by Crippen LogP contribution is -2.17. The molecule has 0 spiro atoms. The van der Waals surface area contributed by atoms with Crippen molar-refractivity contribution in [3.05, 3.63) is 29.5 Å². The standard InChI is InChI=1S/C14H15NO3/c1-8-11-6-10(7-16)18-14(11)12-5-9(17-2)3-4-13(12)15-8/h3-5,10,16H,6-7H2,1-2H3. The number of hydrogen-bond acceptors (Lipinski definition) is 4. The van der Waals surface area contributed by atoms with Gasteiger partial charge >= 0.3 is 0 Å². The number of hydrogen-bond donors (Lipinski definition) is 1. The van der Waals surface area contributed by atoms with Gasteiger partial charge in [0.2, 0.25) is 0 Å². The molecular formula is C14H15NO3. The monoisotopic (exact) mass is 245 g/mol. The predicted molar refractivity (Wildman–Crippen MR) is 68.2 cm³/mol. The Hall–Kier alpha value is -1.81. The van der Waals surface area contributed by atoms with Crippen LogP contribution in [0.3, 0.4) is 0 Å². The molecular weight excluding hydrogens is 230 g/mol.